The molecule has 0 aromatic heterocycles. The van der Waals surface area contributed by atoms with Gasteiger partial charge in [-0.25, -0.2) is 4.39 Å². The van der Waals surface area contributed by atoms with Crippen LogP contribution in [0, 0.1) is 30.0 Å². The number of ether oxygens (including phenoxy) is 2. The van der Waals surface area contributed by atoms with Gasteiger partial charge in [0.1, 0.15) is 5.82 Å². The maximum absolute atomic E-state index is 13.9. The Morgan fingerprint density at radius 1 is 1.48 bits per heavy atom. The third-order valence-electron chi connectivity index (χ3n) is 4.25. The fourth-order valence-electron chi connectivity index (χ4n) is 2.90. The fraction of sp³-hybridized carbons (Fsp3) is 0.500. The summed E-state index contributed by atoms with van der Waals surface area (Å²) in [6.45, 7) is 2.55. The van der Waals surface area contributed by atoms with Crippen molar-refractivity contribution < 1.29 is 18.7 Å². The van der Waals surface area contributed by atoms with Crippen molar-refractivity contribution in [1.29, 1.82) is 5.26 Å². The van der Waals surface area contributed by atoms with Gasteiger partial charge in [-0.1, -0.05) is 12.1 Å². The maximum atomic E-state index is 13.9. The summed E-state index contributed by atoms with van der Waals surface area (Å²) in [5.74, 6) is -1.88. The quantitative estimate of drug-likeness (QED) is 0.803. The third-order valence-corrected chi connectivity index (χ3v) is 4.25. The van der Waals surface area contributed by atoms with Crippen LogP contribution in [0.5, 0.6) is 0 Å². The average molecular weight is 291 g/mol. The first-order valence-corrected chi connectivity index (χ1v) is 6.87. The van der Waals surface area contributed by atoms with Crippen LogP contribution < -0.4 is 0 Å². The van der Waals surface area contributed by atoms with Gasteiger partial charge in [-0.2, -0.15) is 5.26 Å². The molecule has 0 radical (unpaired) electrons. The van der Waals surface area contributed by atoms with Crippen LogP contribution in [0.15, 0.2) is 18.2 Å². The second-order valence-electron chi connectivity index (χ2n) is 5.32. The Hall–Kier alpha value is -1.93. The molecule has 21 heavy (non-hydrogen) atoms. The first-order valence-electron chi connectivity index (χ1n) is 6.87. The van der Waals surface area contributed by atoms with E-state index in [1.54, 1.807) is 19.1 Å². The lowest BCUT2D eigenvalue weighted by atomic mass is 9.65. The Morgan fingerprint density at radius 3 is 2.67 bits per heavy atom. The van der Waals surface area contributed by atoms with E-state index in [0.29, 0.717) is 37.2 Å². The molecule has 1 fully saturated rings. The Morgan fingerprint density at radius 2 is 2.14 bits per heavy atom. The summed E-state index contributed by atoms with van der Waals surface area (Å²) in [7, 11) is 1.26. The van der Waals surface area contributed by atoms with Crippen molar-refractivity contribution in [2.75, 3.05) is 20.3 Å². The van der Waals surface area contributed by atoms with E-state index >= 15 is 0 Å². The highest BCUT2D eigenvalue weighted by Crippen LogP contribution is 2.42. The number of carbonyl (C=O) groups is 1. The summed E-state index contributed by atoms with van der Waals surface area (Å²) in [6.07, 6.45) is 0.978. The standard InChI is InChI=1S/C16H18FNO3/c1-11-3-4-12(9-14(11)17)16(5-7-21-8-6-16)13(10-18)15(19)20-2/h3-4,9,13H,5-8H2,1-2H3. The highest BCUT2D eigenvalue weighted by atomic mass is 19.1. The van der Waals surface area contributed by atoms with Gasteiger partial charge >= 0.3 is 5.97 Å². The van der Waals surface area contributed by atoms with Gasteiger partial charge < -0.3 is 9.47 Å². The second kappa shape index (κ2) is 6.23. The van der Waals surface area contributed by atoms with Crippen LogP contribution in [0.1, 0.15) is 24.0 Å². The first kappa shape index (κ1) is 15.5. The zero-order valence-corrected chi connectivity index (χ0v) is 12.2. The summed E-state index contributed by atoms with van der Waals surface area (Å²) in [5, 5.41) is 9.44. The molecule has 1 aromatic carbocycles. The number of esters is 1. The number of nitrogens with zero attached hydrogens (tertiary/aromatic N) is 1. The molecular formula is C16H18FNO3. The number of carbonyl (C=O) groups excluding carboxylic acids is 1. The highest BCUT2D eigenvalue weighted by Gasteiger charge is 2.46. The maximum Gasteiger partial charge on any atom is 0.323 e. The van der Waals surface area contributed by atoms with Crippen LogP contribution in [0.3, 0.4) is 0 Å². The van der Waals surface area contributed by atoms with Crippen LogP contribution in [0.2, 0.25) is 0 Å². The van der Waals surface area contributed by atoms with Crippen molar-refractivity contribution in [3.63, 3.8) is 0 Å². The van der Waals surface area contributed by atoms with Crippen molar-refractivity contribution in [1.82, 2.24) is 0 Å². The van der Waals surface area contributed by atoms with Crippen molar-refractivity contribution in [2.45, 2.75) is 25.2 Å². The molecule has 0 spiro atoms. The van der Waals surface area contributed by atoms with E-state index in [1.807, 2.05) is 6.07 Å². The van der Waals surface area contributed by atoms with Crippen LogP contribution in [-0.2, 0) is 19.7 Å². The first-order chi connectivity index (χ1) is 10.0. The zero-order chi connectivity index (χ0) is 15.5. The smallest absolute Gasteiger partial charge is 0.323 e. The molecule has 1 aliphatic heterocycles. The highest BCUT2D eigenvalue weighted by molar-refractivity contribution is 5.77. The number of hydrogen-bond donors (Lipinski definition) is 0. The van der Waals surface area contributed by atoms with E-state index in [2.05, 4.69) is 0 Å². The lowest BCUT2D eigenvalue weighted by molar-refractivity contribution is -0.147. The Labute approximate surface area is 123 Å². The number of nitriles is 1. The monoisotopic (exact) mass is 291 g/mol. The average Bonchev–Trinajstić information content (AvgIpc) is 2.51. The molecule has 1 heterocycles. The molecule has 0 amide bonds. The molecule has 0 N–H and O–H groups in total. The van der Waals surface area contributed by atoms with Gasteiger partial charge in [0.05, 0.1) is 13.2 Å². The van der Waals surface area contributed by atoms with Crippen molar-refractivity contribution in [3.8, 4) is 6.07 Å². The number of methoxy groups -OCH3 is 1. The van der Waals surface area contributed by atoms with E-state index in [-0.39, 0.29) is 5.82 Å². The largest absolute Gasteiger partial charge is 0.468 e. The number of hydrogen-bond acceptors (Lipinski definition) is 4. The van der Waals surface area contributed by atoms with Gasteiger partial charge in [-0.15, -0.1) is 0 Å². The molecule has 1 unspecified atom stereocenters. The third kappa shape index (κ3) is 2.77. The molecule has 1 aromatic rings. The summed E-state index contributed by atoms with van der Waals surface area (Å²) in [5.41, 5.74) is 0.438. The lowest BCUT2D eigenvalue weighted by Gasteiger charge is -2.39. The van der Waals surface area contributed by atoms with Gasteiger partial charge in [0.2, 0.25) is 0 Å². The molecule has 4 nitrogen and oxygen atoms in total. The van der Waals surface area contributed by atoms with Gasteiger partial charge in [0.15, 0.2) is 5.92 Å². The molecular weight excluding hydrogens is 273 g/mol. The predicted molar refractivity (Wildman–Crippen MR) is 74.0 cm³/mol. The molecule has 1 saturated heterocycles. The molecule has 5 heteroatoms. The number of benzene rings is 1. The fourth-order valence-corrected chi connectivity index (χ4v) is 2.90. The van der Waals surface area contributed by atoms with Gasteiger partial charge in [-0.05, 0) is 37.0 Å². The molecule has 0 aliphatic carbocycles. The Kier molecular flexibility index (Phi) is 4.59. The Bertz CT molecular complexity index is 573. The predicted octanol–water partition coefficient (Wildman–Crippen LogP) is 2.50. The Balaban J connectivity index is 2.53. The van der Waals surface area contributed by atoms with Crippen LogP contribution in [0.25, 0.3) is 0 Å². The number of rotatable bonds is 3. The van der Waals surface area contributed by atoms with Gasteiger partial charge in [-0.3, -0.25) is 4.79 Å². The summed E-state index contributed by atoms with van der Waals surface area (Å²) >= 11 is 0. The van der Waals surface area contributed by atoms with Crippen LogP contribution in [-0.4, -0.2) is 26.3 Å². The minimum absolute atomic E-state index is 0.333. The van der Waals surface area contributed by atoms with Crippen molar-refractivity contribution in [2.24, 2.45) is 5.92 Å². The van der Waals surface area contributed by atoms with Gasteiger partial charge in [0.25, 0.3) is 0 Å². The molecule has 2 rings (SSSR count). The van der Waals surface area contributed by atoms with E-state index in [4.69, 9.17) is 9.47 Å². The zero-order valence-electron chi connectivity index (χ0n) is 12.2. The summed E-state index contributed by atoms with van der Waals surface area (Å²) in [6, 6.07) is 6.93. The second-order valence-corrected chi connectivity index (χ2v) is 5.32. The van der Waals surface area contributed by atoms with E-state index < -0.39 is 17.3 Å². The SMILES string of the molecule is COC(=O)C(C#N)C1(c2ccc(C)c(F)c2)CCOCC1. The molecule has 112 valence electrons. The molecule has 1 aliphatic rings. The van der Waals surface area contributed by atoms with E-state index in [9.17, 15) is 14.4 Å². The number of aryl methyl sites for hydroxylation is 1. The number of halogens is 1. The van der Waals surface area contributed by atoms with Crippen molar-refractivity contribution >= 4 is 5.97 Å². The van der Waals surface area contributed by atoms with Crippen LogP contribution in [0.4, 0.5) is 4.39 Å². The normalized spacial score (nSPS) is 18.6. The molecule has 1 atom stereocenters. The van der Waals surface area contributed by atoms with E-state index in [1.165, 1.54) is 13.2 Å². The minimum atomic E-state index is -0.964. The van der Waals surface area contributed by atoms with Gasteiger partial charge in [0, 0.05) is 18.6 Å². The van der Waals surface area contributed by atoms with Crippen molar-refractivity contribution in [3.05, 3.63) is 35.1 Å². The molecule has 0 saturated carbocycles. The van der Waals surface area contributed by atoms with Crippen LogP contribution >= 0.6 is 0 Å². The summed E-state index contributed by atoms with van der Waals surface area (Å²) < 4.78 is 24.0. The summed E-state index contributed by atoms with van der Waals surface area (Å²) in [4.78, 5) is 12.0. The lowest BCUT2D eigenvalue weighted by Crippen LogP contribution is -2.44. The molecule has 0 bridgehead atoms. The van der Waals surface area contributed by atoms with E-state index in [0.717, 1.165) is 0 Å². The minimum Gasteiger partial charge on any atom is -0.468 e. The topological polar surface area (TPSA) is 59.3 Å².